The summed E-state index contributed by atoms with van der Waals surface area (Å²) in [6, 6.07) is 18.2. The fourth-order valence-electron chi connectivity index (χ4n) is 2.84. The van der Waals surface area contributed by atoms with E-state index < -0.39 is 0 Å². The number of aromatic nitrogens is 1. The number of amides is 2. The minimum absolute atomic E-state index is 0.0488. The van der Waals surface area contributed by atoms with Crippen LogP contribution in [-0.2, 0) is 17.9 Å². The van der Waals surface area contributed by atoms with Crippen LogP contribution >= 0.6 is 0 Å². The molecule has 2 aromatic carbocycles. The number of nitrogens with zero attached hydrogens (tertiary/aromatic N) is 1. The first kappa shape index (κ1) is 18.5. The van der Waals surface area contributed by atoms with Gasteiger partial charge in [0.25, 0.3) is 11.8 Å². The Hall–Kier alpha value is -3.87. The minimum atomic E-state index is -0.219. The second kappa shape index (κ2) is 8.43. The molecule has 0 aliphatic carbocycles. The van der Waals surface area contributed by atoms with E-state index in [1.54, 1.807) is 24.4 Å². The largest absolute Gasteiger partial charge is 0.487 e. The van der Waals surface area contributed by atoms with Gasteiger partial charge in [0, 0.05) is 18.3 Å². The van der Waals surface area contributed by atoms with Gasteiger partial charge in [-0.05, 0) is 48.0 Å². The van der Waals surface area contributed by atoms with E-state index in [2.05, 4.69) is 15.6 Å². The molecule has 1 aromatic heterocycles. The fraction of sp³-hybridized carbons (Fsp3) is 0.136. The highest BCUT2D eigenvalue weighted by Crippen LogP contribution is 2.28. The molecule has 2 N–H and O–H groups in total. The lowest BCUT2D eigenvalue weighted by atomic mass is 10.1. The molecule has 7 nitrogen and oxygen atoms in total. The molecule has 1 aliphatic heterocycles. The molecule has 0 saturated carbocycles. The number of fused-ring (bicyclic) bond motifs is 1. The van der Waals surface area contributed by atoms with Crippen LogP contribution in [0.2, 0.25) is 0 Å². The van der Waals surface area contributed by atoms with Crippen LogP contribution in [0.5, 0.6) is 11.5 Å². The van der Waals surface area contributed by atoms with Crippen LogP contribution in [0.4, 0.5) is 5.69 Å². The Kier molecular flexibility index (Phi) is 5.38. The summed E-state index contributed by atoms with van der Waals surface area (Å²) in [7, 11) is 0. The van der Waals surface area contributed by atoms with E-state index in [4.69, 9.17) is 9.47 Å². The summed E-state index contributed by atoms with van der Waals surface area (Å²) >= 11 is 0. The monoisotopic (exact) mass is 389 g/mol. The molecule has 0 bridgehead atoms. The number of ether oxygens (including phenoxy) is 2. The third kappa shape index (κ3) is 4.70. The second-order valence-corrected chi connectivity index (χ2v) is 6.48. The third-order valence-electron chi connectivity index (χ3n) is 4.37. The number of carbonyl (C=O) groups excluding carboxylic acids is 2. The van der Waals surface area contributed by atoms with Crippen LogP contribution in [-0.4, -0.2) is 23.4 Å². The third-order valence-corrected chi connectivity index (χ3v) is 4.37. The predicted octanol–water partition coefficient (Wildman–Crippen LogP) is 2.92. The molecular weight excluding hydrogens is 370 g/mol. The first-order valence-corrected chi connectivity index (χ1v) is 9.14. The topological polar surface area (TPSA) is 89.6 Å². The van der Waals surface area contributed by atoms with Crippen molar-refractivity contribution >= 4 is 17.5 Å². The summed E-state index contributed by atoms with van der Waals surface area (Å²) in [5.74, 6) is 0.803. The van der Waals surface area contributed by atoms with Crippen molar-refractivity contribution in [1.29, 1.82) is 0 Å². The van der Waals surface area contributed by atoms with E-state index in [0.717, 1.165) is 17.0 Å². The SMILES string of the molecule is O=C1COc2cc(C(=O)NCc3ccc(OCc4ccccn4)cc3)ccc2N1. The first-order valence-electron chi connectivity index (χ1n) is 9.14. The van der Waals surface area contributed by atoms with Gasteiger partial charge in [-0.1, -0.05) is 18.2 Å². The van der Waals surface area contributed by atoms with Crippen molar-refractivity contribution in [2.75, 3.05) is 11.9 Å². The predicted molar refractivity (Wildman–Crippen MR) is 107 cm³/mol. The van der Waals surface area contributed by atoms with Gasteiger partial charge in [-0.3, -0.25) is 14.6 Å². The molecule has 0 saturated heterocycles. The molecule has 146 valence electrons. The van der Waals surface area contributed by atoms with Gasteiger partial charge in [0.2, 0.25) is 0 Å². The number of pyridine rings is 1. The standard InChI is InChI=1S/C22H19N3O4/c26-21-14-29-20-11-16(6-9-19(20)25-21)22(27)24-12-15-4-7-18(8-5-15)28-13-17-3-1-2-10-23-17/h1-11H,12-14H2,(H,24,27)(H,25,26). The van der Waals surface area contributed by atoms with Crippen LogP contribution in [0.3, 0.4) is 0 Å². The van der Waals surface area contributed by atoms with Crippen LogP contribution in [0.15, 0.2) is 66.9 Å². The lowest BCUT2D eigenvalue weighted by Gasteiger charge is -2.18. The molecular formula is C22H19N3O4. The smallest absolute Gasteiger partial charge is 0.262 e. The number of carbonyl (C=O) groups is 2. The lowest BCUT2D eigenvalue weighted by Crippen LogP contribution is -2.26. The van der Waals surface area contributed by atoms with Crippen LogP contribution in [0.1, 0.15) is 21.6 Å². The molecule has 7 heteroatoms. The zero-order valence-corrected chi connectivity index (χ0v) is 15.6. The molecule has 0 fully saturated rings. The van der Waals surface area contributed by atoms with Gasteiger partial charge in [-0.15, -0.1) is 0 Å². The number of anilines is 1. The first-order chi connectivity index (χ1) is 14.2. The maximum absolute atomic E-state index is 12.4. The number of rotatable bonds is 6. The quantitative estimate of drug-likeness (QED) is 0.677. The molecule has 29 heavy (non-hydrogen) atoms. The highest BCUT2D eigenvalue weighted by atomic mass is 16.5. The van der Waals surface area contributed by atoms with Crippen LogP contribution in [0.25, 0.3) is 0 Å². The Morgan fingerprint density at radius 3 is 2.79 bits per heavy atom. The highest BCUT2D eigenvalue weighted by Gasteiger charge is 2.17. The van der Waals surface area contributed by atoms with E-state index in [0.29, 0.717) is 30.2 Å². The van der Waals surface area contributed by atoms with Gasteiger partial charge in [-0.2, -0.15) is 0 Å². The number of benzene rings is 2. The molecule has 0 radical (unpaired) electrons. The molecule has 2 heterocycles. The highest BCUT2D eigenvalue weighted by molar-refractivity contribution is 5.98. The molecule has 0 spiro atoms. The molecule has 2 amide bonds. The van der Waals surface area contributed by atoms with Crippen molar-refractivity contribution < 1.29 is 19.1 Å². The van der Waals surface area contributed by atoms with E-state index in [-0.39, 0.29) is 18.4 Å². The fourth-order valence-corrected chi connectivity index (χ4v) is 2.84. The van der Waals surface area contributed by atoms with Crippen molar-refractivity contribution in [3.8, 4) is 11.5 Å². The van der Waals surface area contributed by atoms with E-state index >= 15 is 0 Å². The number of nitrogens with one attached hydrogen (secondary N) is 2. The number of hydrogen-bond donors (Lipinski definition) is 2. The maximum atomic E-state index is 12.4. The van der Waals surface area contributed by atoms with Gasteiger partial charge < -0.3 is 20.1 Å². The van der Waals surface area contributed by atoms with Gasteiger partial charge in [0.05, 0.1) is 11.4 Å². The van der Waals surface area contributed by atoms with Crippen molar-refractivity contribution in [2.24, 2.45) is 0 Å². The van der Waals surface area contributed by atoms with E-state index in [1.807, 2.05) is 42.5 Å². The van der Waals surface area contributed by atoms with Gasteiger partial charge in [0.15, 0.2) is 6.61 Å². The summed E-state index contributed by atoms with van der Waals surface area (Å²) in [6.45, 7) is 0.735. The summed E-state index contributed by atoms with van der Waals surface area (Å²) in [5.41, 5.74) is 2.84. The maximum Gasteiger partial charge on any atom is 0.262 e. The zero-order valence-electron chi connectivity index (χ0n) is 15.6. The Labute approximate surface area is 167 Å². The van der Waals surface area contributed by atoms with Crippen LogP contribution < -0.4 is 20.1 Å². The van der Waals surface area contributed by atoms with Gasteiger partial charge in [-0.25, -0.2) is 0 Å². The molecule has 0 unspecified atom stereocenters. The Morgan fingerprint density at radius 1 is 1.14 bits per heavy atom. The van der Waals surface area contributed by atoms with E-state index in [9.17, 15) is 9.59 Å². The van der Waals surface area contributed by atoms with Gasteiger partial charge in [0.1, 0.15) is 18.1 Å². The summed E-state index contributed by atoms with van der Waals surface area (Å²) in [5, 5.41) is 5.57. The molecule has 0 atom stereocenters. The second-order valence-electron chi connectivity index (χ2n) is 6.48. The molecule has 4 rings (SSSR count). The summed E-state index contributed by atoms with van der Waals surface area (Å²) in [6.07, 6.45) is 1.73. The Bertz CT molecular complexity index is 1020. The average molecular weight is 389 g/mol. The summed E-state index contributed by atoms with van der Waals surface area (Å²) in [4.78, 5) is 27.9. The molecule has 3 aromatic rings. The molecule has 1 aliphatic rings. The van der Waals surface area contributed by atoms with Crippen molar-refractivity contribution in [3.63, 3.8) is 0 Å². The normalized spacial score (nSPS) is 12.3. The Morgan fingerprint density at radius 2 is 2.00 bits per heavy atom. The van der Waals surface area contributed by atoms with Crippen molar-refractivity contribution in [3.05, 3.63) is 83.7 Å². The van der Waals surface area contributed by atoms with Crippen LogP contribution in [0, 0.1) is 0 Å². The lowest BCUT2D eigenvalue weighted by molar-refractivity contribution is -0.118. The average Bonchev–Trinajstić information content (AvgIpc) is 2.77. The number of hydrogen-bond acceptors (Lipinski definition) is 5. The van der Waals surface area contributed by atoms with Crippen molar-refractivity contribution in [2.45, 2.75) is 13.2 Å². The Balaban J connectivity index is 1.31. The zero-order chi connectivity index (χ0) is 20.1. The summed E-state index contributed by atoms with van der Waals surface area (Å²) < 4.78 is 11.1. The minimum Gasteiger partial charge on any atom is -0.487 e. The van der Waals surface area contributed by atoms with Gasteiger partial charge >= 0.3 is 0 Å². The van der Waals surface area contributed by atoms with E-state index in [1.165, 1.54) is 0 Å². The van der Waals surface area contributed by atoms with Crippen molar-refractivity contribution in [1.82, 2.24) is 10.3 Å².